The number of carbonyl (C=O) groups is 1. The Bertz CT molecular complexity index is 181. The molecule has 12 heavy (non-hydrogen) atoms. The number of carbonyl (C=O) groups excluding carboxylic acids is 1. The number of ketones is 1. The van der Waals surface area contributed by atoms with Crippen LogP contribution in [0.5, 0.6) is 0 Å². The summed E-state index contributed by atoms with van der Waals surface area (Å²) >= 11 is 4.47. The first-order chi connectivity index (χ1) is 5.41. The van der Waals surface area contributed by atoms with Gasteiger partial charge in [-0.15, -0.1) is 0 Å². The molecule has 1 nitrogen and oxygen atoms in total. The number of thiol groups is 1. The van der Waals surface area contributed by atoms with E-state index in [1.54, 1.807) is 0 Å². The van der Waals surface area contributed by atoms with Gasteiger partial charge in [-0.25, -0.2) is 0 Å². The van der Waals surface area contributed by atoms with E-state index in [1.165, 1.54) is 6.42 Å². The smallest absolute Gasteiger partial charge is 0.137 e. The van der Waals surface area contributed by atoms with Gasteiger partial charge in [-0.05, 0) is 18.8 Å². The normalized spacial score (nSPS) is 32.2. The molecule has 1 fully saturated rings. The summed E-state index contributed by atoms with van der Waals surface area (Å²) in [6.07, 6.45) is 2.96. The SMILES string of the molecule is C[C@@H]1CC[C@@H](C(C)(C)S)C(=O)C1. The molecular weight excluding hydrogens is 168 g/mol. The third-order valence-electron chi connectivity index (χ3n) is 2.74. The molecule has 0 N–H and O–H groups in total. The van der Waals surface area contributed by atoms with Crippen molar-refractivity contribution in [1.82, 2.24) is 0 Å². The molecule has 0 heterocycles. The van der Waals surface area contributed by atoms with E-state index < -0.39 is 0 Å². The van der Waals surface area contributed by atoms with Gasteiger partial charge in [0.1, 0.15) is 5.78 Å². The van der Waals surface area contributed by atoms with Gasteiger partial charge in [0.15, 0.2) is 0 Å². The summed E-state index contributed by atoms with van der Waals surface area (Å²) < 4.78 is -0.128. The Morgan fingerprint density at radius 1 is 1.42 bits per heavy atom. The second kappa shape index (κ2) is 3.41. The Balaban J connectivity index is 2.63. The molecule has 0 spiro atoms. The van der Waals surface area contributed by atoms with Crippen LogP contribution in [0.2, 0.25) is 0 Å². The van der Waals surface area contributed by atoms with Crippen molar-refractivity contribution in [3.8, 4) is 0 Å². The quantitative estimate of drug-likeness (QED) is 0.623. The van der Waals surface area contributed by atoms with Crippen molar-refractivity contribution in [3.63, 3.8) is 0 Å². The minimum atomic E-state index is -0.128. The zero-order valence-corrected chi connectivity index (χ0v) is 9.03. The Labute approximate surface area is 80.3 Å². The highest BCUT2D eigenvalue weighted by Gasteiger charge is 2.35. The van der Waals surface area contributed by atoms with Gasteiger partial charge in [-0.2, -0.15) is 12.6 Å². The molecule has 2 atom stereocenters. The third-order valence-corrected chi connectivity index (χ3v) is 3.05. The lowest BCUT2D eigenvalue weighted by molar-refractivity contribution is -0.126. The summed E-state index contributed by atoms with van der Waals surface area (Å²) in [5.41, 5.74) is 0. The Morgan fingerprint density at radius 2 is 2.00 bits per heavy atom. The molecule has 2 heteroatoms. The van der Waals surface area contributed by atoms with Gasteiger partial charge in [0.05, 0.1) is 0 Å². The average Bonchev–Trinajstić information content (AvgIpc) is 1.83. The molecule has 0 bridgehead atoms. The number of hydrogen-bond donors (Lipinski definition) is 1. The number of hydrogen-bond acceptors (Lipinski definition) is 2. The summed E-state index contributed by atoms with van der Waals surface area (Å²) in [5, 5.41) is 0. The van der Waals surface area contributed by atoms with Gasteiger partial charge in [0.2, 0.25) is 0 Å². The zero-order chi connectivity index (χ0) is 9.35. The maximum atomic E-state index is 11.6. The first-order valence-corrected chi connectivity index (χ1v) is 5.11. The summed E-state index contributed by atoms with van der Waals surface area (Å²) in [7, 11) is 0. The molecule has 0 aromatic carbocycles. The van der Waals surface area contributed by atoms with Crippen LogP contribution in [0.15, 0.2) is 0 Å². The highest BCUT2D eigenvalue weighted by molar-refractivity contribution is 7.81. The second-order valence-electron chi connectivity index (χ2n) is 4.56. The minimum absolute atomic E-state index is 0.128. The predicted molar refractivity (Wildman–Crippen MR) is 54.6 cm³/mol. The van der Waals surface area contributed by atoms with E-state index in [0.29, 0.717) is 11.7 Å². The van der Waals surface area contributed by atoms with Crippen molar-refractivity contribution in [1.29, 1.82) is 0 Å². The van der Waals surface area contributed by atoms with Crippen LogP contribution >= 0.6 is 12.6 Å². The van der Waals surface area contributed by atoms with Crippen LogP contribution in [0, 0.1) is 11.8 Å². The van der Waals surface area contributed by atoms with Crippen LogP contribution in [-0.4, -0.2) is 10.5 Å². The van der Waals surface area contributed by atoms with Gasteiger partial charge >= 0.3 is 0 Å². The lowest BCUT2D eigenvalue weighted by atomic mass is 9.76. The average molecular weight is 186 g/mol. The third kappa shape index (κ3) is 2.25. The van der Waals surface area contributed by atoms with E-state index in [0.717, 1.165) is 12.8 Å². The van der Waals surface area contributed by atoms with Crippen molar-refractivity contribution in [2.45, 2.75) is 44.8 Å². The van der Waals surface area contributed by atoms with Crippen molar-refractivity contribution < 1.29 is 4.79 Å². The van der Waals surface area contributed by atoms with Crippen molar-refractivity contribution in [2.75, 3.05) is 0 Å². The van der Waals surface area contributed by atoms with E-state index in [9.17, 15) is 4.79 Å². The first-order valence-electron chi connectivity index (χ1n) is 4.66. The first kappa shape index (κ1) is 10.1. The van der Waals surface area contributed by atoms with Crippen LogP contribution < -0.4 is 0 Å². The summed E-state index contributed by atoms with van der Waals surface area (Å²) in [5.74, 6) is 1.18. The van der Waals surface area contributed by atoms with Crippen molar-refractivity contribution in [3.05, 3.63) is 0 Å². The Kier molecular flexibility index (Phi) is 2.87. The second-order valence-corrected chi connectivity index (χ2v) is 5.71. The van der Waals surface area contributed by atoms with E-state index >= 15 is 0 Å². The van der Waals surface area contributed by atoms with Gasteiger partial charge in [0, 0.05) is 17.1 Å². The largest absolute Gasteiger partial charge is 0.299 e. The summed E-state index contributed by atoms with van der Waals surface area (Å²) in [6, 6.07) is 0. The maximum absolute atomic E-state index is 11.6. The van der Waals surface area contributed by atoms with Crippen LogP contribution in [-0.2, 0) is 4.79 Å². The molecule has 0 radical (unpaired) electrons. The van der Waals surface area contributed by atoms with Gasteiger partial charge < -0.3 is 0 Å². The van der Waals surface area contributed by atoms with Crippen molar-refractivity contribution in [2.24, 2.45) is 11.8 Å². The van der Waals surface area contributed by atoms with E-state index in [2.05, 4.69) is 19.6 Å². The molecule has 1 aliphatic rings. The maximum Gasteiger partial charge on any atom is 0.137 e. The van der Waals surface area contributed by atoms with Gasteiger partial charge in [-0.1, -0.05) is 20.8 Å². The fourth-order valence-electron chi connectivity index (χ4n) is 1.95. The number of rotatable bonds is 1. The van der Waals surface area contributed by atoms with Crippen LogP contribution in [0.1, 0.15) is 40.0 Å². The molecule has 0 saturated heterocycles. The van der Waals surface area contributed by atoms with Gasteiger partial charge in [-0.3, -0.25) is 4.79 Å². The molecule has 1 saturated carbocycles. The molecule has 0 aliphatic heterocycles. The lowest BCUT2D eigenvalue weighted by Gasteiger charge is -2.33. The van der Waals surface area contributed by atoms with Crippen LogP contribution in [0.4, 0.5) is 0 Å². The Morgan fingerprint density at radius 3 is 2.42 bits per heavy atom. The Hall–Kier alpha value is 0.0200. The lowest BCUT2D eigenvalue weighted by Crippen LogP contribution is -2.36. The molecule has 70 valence electrons. The predicted octanol–water partition coefficient (Wildman–Crippen LogP) is 2.70. The van der Waals surface area contributed by atoms with Gasteiger partial charge in [0.25, 0.3) is 0 Å². The van der Waals surface area contributed by atoms with Crippen molar-refractivity contribution >= 4 is 18.4 Å². The highest BCUT2D eigenvalue weighted by atomic mass is 32.1. The molecule has 1 rings (SSSR count). The zero-order valence-electron chi connectivity index (χ0n) is 8.13. The van der Waals surface area contributed by atoms with Crippen LogP contribution in [0.25, 0.3) is 0 Å². The number of Topliss-reactive ketones (excluding diaryl/α,β-unsaturated/α-hetero) is 1. The van der Waals surface area contributed by atoms with Crippen LogP contribution in [0.3, 0.4) is 0 Å². The monoisotopic (exact) mass is 186 g/mol. The fraction of sp³-hybridized carbons (Fsp3) is 0.900. The van der Waals surface area contributed by atoms with E-state index in [1.807, 2.05) is 13.8 Å². The molecule has 0 amide bonds. The van der Waals surface area contributed by atoms with E-state index in [-0.39, 0.29) is 10.7 Å². The topological polar surface area (TPSA) is 17.1 Å². The fourth-order valence-corrected chi connectivity index (χ4v) is 2.22. The highest BCUT2D eigenvalue weighted by Crippen LogP contribution is 2.35. The van der Waals surface area contributed by atoms with E-state index in [4.69, 9.17) is 0 Å². The molecule has 0 aromatic heterocycles. The molecular formula is C10H18OS. The molecule has 0 unspecified atom stereocenters. The molecule has 0 aromatic rings. The summed E-state index contributed by atoms with van der Waals surface area (Å²) in [6.45, 7) is 6.23. The summed E-state index contributed by atoms with van der Waals surface area (Å²) in [4.78, 5) is 11.6. The minimum Gasteiger partial charge on any atom is -0.299 e. The molecule has 1 aliphatic carbocycles. The standard InChI is InChI=1S/C10H18OS/c1-7-4-5-8(9(11)6-7)10(2,3)12/h7-8,12H,4-6H2,1-3H3/t7-,8-/m1/s1.